The summed E-state index contributed by atoms with van der Waals surface area (Å²) in [5.41, 5.74) is 1.53. The lowest BCUT2D eigenvalue weighted by molar-refractivity contribution is -0.384. The van der Waals surface area contributed by atoms with E-state index >= 15 is 0 Å². The van der Waals surface area contributed by atoms with E-state index in [1.54, 1.807) is 0 Å². The van der Waals surface area contributed by atoms with Crippen LogP contribution < -0.4 is 0 Å². The van der Waals surface area contributed by atoms with Gasteiger partial charge < -0.3 is 10.0 Å². The molecule has 1 aliphatic rings. The fraction of sp³-hybridized carbons (Fsp3) is 0.304. The predicted molar refractivity (Wildman–Crippen MR) is 113 cm³/mol. The van der Waals surface area contributed by atoms with E-state index in [4.69, 9.17) is 0 Å². The maximum absolute atomic E-state index is 12.9. The number of aliphatic hydroxyl groups excluding tert-OH is 1. The monoisotopic (exact) mass is 408 g/mol. The van der Waals surface area contributed by atoms with E-state index in [0.717, 1.165) is 30.4 Å². The van der Waals surface area contributed by atoms with E-state index in [1.807, 2.05) is 31.2 Å². The summed E-state index contributed by atoms with van der Waals surface area (Å²) in [6, 6.07) is 12.1. The number of hydrogen-bond acceptors (Lipinski definition) is 5. The number of Topliss-reactive ketones (excluding diaryl/α,β-unsaturated/α-hetero) is 1. The number of aliphatic hydroxyl groups is 1. The van der Waals surface area contributed by atoms with E-state index in [1.165, 1.54) is 29.2 Å². The first kappa shape index (κ1) is 21.2. The first-order valence-electron chi connectivity index (χ1n) is 9.95. The van der Waals surface area contributed by atoms with Crippen LogP contribution >= 0.6 is 0 Å². The SMILES string of the molecule is CCCCCN1C(=O)C(=O)/C(=C(/O)c2cccc([N+](=O)[O-])c2)C1c1ccccc1C. The van der Waals surface area contributed by atoms with Crippen molar-refractivity contribution >= 4 is 23.1 Å². The molecule has 1 N–H and O–H groups in total. The van der Waals surface area contributed by atoms with Gasteiger partial charge in [-0.15, -0.1) is 0 Å². The Morgan fingerprint density at radius 3 is 2.53 bits per heavy atom. The molecular formula is C23H24N2O5. The number of nitrogens with zero attached hydrogens (tertiary/aromatic N) is 2. The maximum Gasteiger partial charge on any atom is 0.295 e. The summed E-state index contributed by atoms with van der Waals surface area (Å²) < 4.78 is 0. The Kier molecular flexibility index (Phi) is 6.30. The van der Waals surface area contributed by atoms with Gasteiger partial charge in [0.05, 0.1) is 16.5 Å². The summed E-state index contributed by atoms with van der Waals surface area (Å²) in [5, 5.41) is 22.1. The van der Waals surface area contributed by atoms with E-state index < -0.39 is 28.4 Å². The number of amides is 1. The van der Waals surface area contributed by atoms with Crippen molar-refractivity contribution in [3.63, 3.8) is 0 Å². The Morgan fingerprint density at radius 2 is 1.87 bits per heavy atom. The molecule has 1 aliphatic heterocycles. The molecule has 1 atom stereocenters. The molecule has 30 heavy (non-hydrogen) atoms. The lowest BCUT2D eigenvalue weighted by Gasteiger charge is -2.26. The molecule has 1 amide bonds. The number of carbonyl (C=O) groups is 2. The van der Waals surface area contributed by atoms with Gasteiger partial charge >= 0.3 is 0 Å². The van der Waals surface area contributed by atoms with Gasteiger partial charge in [0.25, 0.3) is 17.4 Å². The van der Waals surface area contributed by atoms with Crippen molar-refractivity contribution in [2.45, 2.75) is 39.2 Å². The zero-order valence-corrected chi connectivity index (χ0v) is 17.0. The molecule has 1 fully saturated rings. The number of carbonyl (C=O) groups excluding carboxylic acids is 2. The molecule has 0 aromatic heterocycles. The number of rotatable bonds is 7. The van der Waals surface area contributed by atoms with Gasteiger partial charge in [0.1, 0.15) is 5.76 Å². The van der Waals surface area contributed by atoms with Crippen molar-refractivity contribution in [3.05, 3.63) is 80.9 Å². The molecule has 1 saturated heterocycles. The fourth-order valence-corrected chi connectivity index (χ4v) is 3.78. The number of benzene rings is 2. The van der Waals surface area contributed by atoms with E-state index in [9.17, 15) is 24.8 Å². The summed E-state index contributed by atoms with van der Waals surface area (Å²) in [6.45, 7) is 4.33. The molecule has 3 rings (SSSR count). The third-order valence-corrected chi connectivity index (χ3v) is 5.36. The third-order valence-electron chi connectivity index (χ3n) is 5.36. The fourth-order valence-electron chi connectivity index (χ4n) is 3.78. The van der Waals surface area contributed by atoms with Gasteiger partial charge in [0.15, 0.2) is 0 Å². The molecule has 0 aliphatic carbocycles. The number of hydrogen-bond donors (Lipinski definition) is 1. The van der Waals surface area contributed by atoms with E-state index in [2.05, 4.69) is 6.92 Å². The van der Waals surface area contributed by atoms with Gasteiger partial charge in [0.2, 0.25) is 0 Å². The minimum atomic E-state index is -0.774. The second-order valence-corrected chi connectivity index (χ2v) is 7.36. The Bertz CT molecular complexity index is 1030. The highest BCUT2D eigenvalue weighted by Crippen LogP contribution is 2.40. The molecule has 1 unspecified atom stereocenters. The van der Waals surface area contributed by atoms with Gasteiger partial charge in [-0.1, -0.05) is 56.2 Å². The highest BCUT2D eigenvalue weighted by Gasteiger charge is 2.46. The van der Waals surface area contributed by atoms with Crippen LogP contribution in [-0.4, -0.2) is 33.2 Å². The molecule has 156 valence electrons. The molecule has 1 heterocycles. The van der Waals surface area contributed by atoms with Crippen molar-refractivity contribution in [3.8, 4) is 0 Å². The summed E-state index contributed by atoms with van der Waals surface area (Å²) in [5.74, 6) is -1.83. The number of non-ortho nitro benzene ring substituents is 1. The lowest BCUT2D eigenvalue weighted by atomic mass is 9.92. The van der Waals surface area contributed by atoms with Crippen LogP contribution in [0, 0.1) is 17.0 Å². The van der Waals surface area contributed by atoms with Crippen LogP contribution in [-0.2, 0) is 9.59 Å². The number of nitro benzene ring substituents is 1. The smallest absolute Gasteiger partial charge is 0.295 e. The molecule has 2 aromatic rings. The summed E-state index contributed by atoms with van der Waals surface area (Å²) in [6.07, 6.45) is 2.61. The number of aryl methyl sites for hydroxylation is 1. The van der Waals surface area contributed by atoms with Gasteiger partial charge in [-0.3, -0.25) is 19.7 Å². The zero-order valence-electron chi connectivity index (χ0n) is 17.0. The number of unbranched alkanes of at least 4 members (excludes halogenated alkanes) is 2. The first-order chi connectivity index (χ1) is 14.4. The van der Waals surface area contributed by atoms with Crippen LogP contribution in [0.4, 0.5) is 5.69 Å². The van der Waals surface area contributed by atoms with Gasteiger partial charge in [0, 0.05) is 24.2 Å². The molecule has 0 radical (unpaired) electrons. The van der Waals surface area contributed by atoms with Crippen LogP contribution in [0.15, 0.2) is 54.1 Å². The van der Waals surface area contributed by atoms with Gasteiger partial charge in [-0.25, -0.2) is 0 Å². The van der Waals surface area contributed by atoms with Crippen molar-refractivity contribution in [1.82, 2.24) is 4.90 Å². The Balaban J connectivity index is 2.17. The summed E-state index contributed by atoms with van der Waals surface area (Å²) >= 11 is 0. The predicted octanol–water partition coefficient (Wildman–Crippen LogP) is 4.52. The van der Waals surface area contributed by atoms with Crippen LogP contribution in [0.3, 0.4) is 0 Å². The number of ketones is 1. The van der Waals surface area contributed by atoms with Crippen LogP contribution in [0.25, 0.3) is 5.76 Å². The van der Waals surface area contributed by atoms with Crippen molar-refractivity contribution in [2.75, 3.05) is 6.54 Å². The topological polar surface area (TPSA) is 101 Å². The molecule has 0 spiro atoms. The summed E-state index contributed by atoms with van der Waals surface area (Å²) in [7, 11) is 0. The number of likely N-dealkylation sites (tertiary alicyclic amines) is 1. The minimum Gasteiger partial charge on any atom is -0.507 e. The number of nitro groups is 1. The van der Waals surface area contributed by atoms with Crippen molar-refractivity contribution in [1.29, 1.82) is 0 Å². The second kappa shape index (κ2) is 8.90. The summed E-state index contributed by atoms with van der Waals surface area (Å²) in [4.78, 5) is 37.8. The molecule has 0 saturated carbocycles. The van der Waals surface area contributed by atoms with Crippen LogP contribution in [0.1, 0.15) is 48.9 Å². The standard InChI is InChI=1S/C23H24N2O5/c1-3-4-7-13-24-20(18-12-6-5-9-15(18)2)19(22(27)23(24)28)21(26)16-10-8-11-17(14-16)25(29)30/h5-6,8-12,14,20,26H,3-4,7,13H2,1-2H3/b21-19+. The molecule has 7 nitrogen and oxygen atoms in total. The first-order valence-corrected chi connectivity index (χ1v) is 9.95. The normalized spacial score (nSPS) is 18.1. The zero-order chi connectivity index (χ0) is 21.8. The average molecular weight is 408 g/mol. The lowest BCUT2D eigenvalue weighted by Crippen LogP contribution is -2.31. The van der Waals surface area contributed by atoms with E-state index in [0.29, 0.717) is 6.54 Å². The highest BCUT2D eigenvalue weighted by atomic mass is 16.6. The molecule has 0 bridgehead atoms. The largest absolute Gasteiger partial charge is 0.507 e. The average Bonchev–Trinajstić information content (AvgIpc) is 2.98. The highest BCUT2D eigenvalue weighted by molar-refractivity contribution is 6.46. The van der Waals surface area contributed by atoms with Crippen LogP contribution in [0.5, 0.6) is 0 Å². The van der Waals surface area contributed by atoms with Crippen LogP contribution in [0.2, 0.25) is 0 Å². The van der Waals surface area contributed by atoms with E-state index in [-0.39, 0.29) is 16.8 Å². The van der Waals surface area contributed by atoms with Gasteiger partial charge in [-0.2, -0.15) is 0 Å². The molecular weight excluding hydrogens is 384 g/mol. The maximum atomic E-state index is 12.9. The Labute approximate surface area is 174 Å². The second-order valence-electron chi connectivity index (χ2n) is 7.36. The molecule has 7 heteroatoms. The van der Waals surface area contributed by atoms with Gasteiger partial charge in [-0.05, 0) is 24.5 Å². The third kappa shape index (κ3) is 3.96. The quantitative estimate of drug-likeness (QED) is 0.181. The minimum absolute atomic E-state index is 0.0358. The Morgan fingerprint density at radius 1 is 1.13 bits per heavy atom. The van der Waals surface area contributed by atoms with Crippen molar-refractivity contribution in [2.24, 2.45) is 0 Å². The van der Waals surface area contributed by atoms with Crippen molar-refractivity contribution < 1.29 is 19.6 Å². The Hall–Kier alpha value is -3.48. The molecule has 2 aromatic carbocycles.